The van der Waals surface area contributed by atoms with Crippen LogP contribution in [0.15, 0.2) is 433 Å². The van der Waals surface area contributed by atoms with Gasteiger partial charge in [0.15, 0.2) is 14.7 Å². The van der Waals surface area contributed by atoms with E-state index in [4.69, 9.17) is 0 Å². The summed E-state index contributed by atoms with van der Waals surface area (Å²) in [4.78, 5) is 4.08. The molecule has 0 radical (unpaired) electrons. The largest absolute Gasteiger partial charge is 0.333 e. The molecule has 0 N–H and O–H groups in total. The van der Waals surface area contributed by atoms with Gasteiger partial charge in [-0.05, 0) is 89.5 Å². The van der Waals surface area contributed by atoms with E-state index in [0.29, 0.717) is 0 Å². The van der Waals surface area contributed by atoms with Crippen molar-refractivity contribution in [2.45, 2.75) is 111 Å². The number of nitrogens with zero attached hydrogens (tertiary/aromatic N) is 4. The third-order valence-corrected chi connectivity index (χ3v) is 25.1. The Morgan fingerprint density at radius 2 is 0.291 bits per heavy atom. The molecule has 0 saturated heterocycles. The maximum atomic E-state index is 2.46. The lowest BCUT2D eigenvalue weighted by Gasteiger charge is -2.42. The van der Waals surface area contributed by atoms with Crippen molar-refractivity contribution in [1.29, 1.82) is 0 Å². The minimum absolute atomic E-state index is 0.0146. The van der Waals surface area contributed by atoms with E-state index in [9.17, 15) is 0 Å². The zero-order chi connectivity index (χ0) is 98.5. The molecule has 0 spiro atoms. The molecule has 18 aromatic carbocycles. The van der Waals surface area contributed by atoms with Crippen LogP contribution in [-0.2, 0) is 10.9 Å². The number of hydrogen-bond acceptors (Lipinski definition) is 0. The molecule has 18 aromatic rings. The van der Waals surface area contributed by atoms with E-state index in [1.807, 2.05) is 55.4 Å². The summed E-state index contributed by atoms with van der Waals surface area (Å²) in [5.74, 6) is 0. The van der Waals surface area contributed by atoms with Gasteiger partial charge in [0.05, 0.1) is 142 Å². The normalized spacial score (nSPS) is 11.1. The first kappa shape index (κ1) is 109. The second-order valence-corrected chi connectivity index (χ2v) is 42.0. The summed E-state index contributed by atoms with van der Waals surface area (Å²) in [6.07, 6.45) is -3.45. The molecule has 0 aliphatic carbocycles. The molecule has 696 valence electrons. The lowest BCUT2D eigenvalue weighted by molar-refractivity contribution is -0.849. The first-order chi connectivity index (χ1) is 64.0. The predicted octanol–water partition coefficient (Wildman–Crippen LogP) is 26.4. The average molecular weight is 1790 g/mol. The third-order valence-electron chi connectivity index (χ3n) is 22.8. The Morgan fingerprint density at radius 3 is 0.448 bits per heavy atom. The Morgan fingerprint density at radius 1 is 0.157 bits per heavy atom. The van der Waals surface area contributed by atoms with Crippen LogP contribution in [0.3, 0.4) is 0 Å². The predicted molar refractivity (Wildman–Crippen MR) is 611 cm³/mol. The van der Waals surface area contributed by atoms with E-state index in [1.54, 1.807) is 0 Å². The Kier molecular flexibility index (Phi) is 42.2. The number of quaternary nitrogens is 4. The van der Waals surface area contributed by atoms with E-state index < -0.39 is 18.4 Å². The first-order valence-electron chi connectivity index (χ1n) is 48.7. The van der Waals surface area contributed by atoms with E-state index in [0.717, 1.165) is 17.9 Å². The van der Waals surface area contributed by atoms with Crippen molar-refractivity contribution in [3.05, 3.63) is 435 Å². The molecule has 0 bridgehead atoms. The highest BCUT2D eigenvalue weighted by Gasteiger charge is 2.33. The van der Waals surface area contributed by atoms with Crippen LogP contribution in [0.5, 0.6) is 0 Å². The van der Waals surface area contributed by atoms with Gasteiger partial charge in [-0.2, -0.15) is 53.2 Å². The Bertz CT molecular complexity index is 5570. The number of aryl methyl sites for hydroxylation is 3. The van der Waals surface area contributed by atoms with Crippen molar-refractivity contribution in [2.75, 3.05) is 113 Å². The van der Waals surface area contributed by atoms with Gasteiger partial charge in [0.2, 0.25) is 0 Å². The van der Waals surface area contributed by atoms with Crippen molar-refractivity contribution < 1.29 is 17.9 Å². The van der Waals surface area contributed by atoms with Gasteiger partial charge in [0, 0.05) is 0 Å². The number of rotatable bonds is 12. The Hall–Kier alpha value is -12.1. The van der Waals surface area contributed by atoms with Gasteiger partial charge in [0.1, 0.15) is 0 Å². The number of fused-ring (bicyclic) bond motifs is 6. The lowest BCUT2D eigenvalue weighted by Crippen LogP contribution is -2.65. The van der Waals surface area contributed by atoms with Gasteiger partial charge in [-0.1, -0.05) is 487 Å². The summed E-state index contributed by atoms with van der Waals surface area (Å²) in [6.45, 7) is 29.8. The minimum Gasteiger partial charge on any atom is -0.333 e. The van der Waals surface area contributed by atoms with Crippen LogP contribution < -0.4 is 49.2 Å². The van der Waals surface area contributed by atoms with Crippen LogP contribution in [0.2, 0.25) is 20.5 Å². The van der Waals surface area contributed by atoms with E-state index in [-0.39, 0.29) is 10.9 Å². The SMILES string of the molecule is CC.CC.CC.CC.C[B-](c1cccc2ccccc12)(c1cccc2ccccc12)c1cccc2ccccc12.C[B-](c1cccc2ccccc12)(c1cccc2ccccc12)c1cccc2ccccc12.C[N+](C)(C)C.C[N+](C)(C)C.C[N+](C)(C)C.C[N+](C)(C)C.Cc1ccc([B-](C)(c2ccc(C)cc2)c2ccc(C)cc2)cc1.c1ccc([S+](c2ccccc2)c2ccccc2)cc1. The van der Waals surface area contributed by atoms with Crippen LogP contribution in [-0.4, -0.2) is 149 Å². The average Bonchev–Trinajstić information content (AvgIpc) is 0.727. The third kappa shape index (κ3) is 31.0. The molecule has 0 amide bonds. The van der Waals surface area contributed by atoms with Gasteiger partial charge in [-0.3, -0.25) is 0 Å². The Balaban J connectivity index is 0.000000225. The lowest BCUT2D eigenvalue weighted by atomic mass is 9.16. The monoisotopic (exact) mass is 1790 g/mol. The van der Waals surface area contributed by atoms with Gasteiger partial charge in [-0.25, -0.2) is 16.4 Å². The van der Waals surface area contributed by atoms with Crippen LogP contribution in [0, 0.1) is 20.8 Å². The molecule has 134 heavy (non-hydrogen) atoms. The van der Waals surface area contributed by atoms with E-state index in [2.05, 4.69) is 573 Å². The topological polar surface area (TPSA) is 0 Å². The van der Waals surface area contributed by atoms with Crippen LogP contribution in [0.1, 0.15) is 72.1 Å². The molecule has 18 rings (SSSR count). The Labute approximate surface area is 814 Å². The van der Waals surface area contributed by atoms with E-state index in [1.165, 1.54) is 145 Å². The highest BCUT2D eigenvalue weighted by molar-refractivity contribution is 7.97. The summed E-state index contributed by atoms with van der Waals surface area (Å²) in [6, 6.07) is 153. The molecule has 8 heteroatoms. The highest BCUT2D eigenvalue weighted by Crippen LogP contribution is 2.32. The number of benzene rings is 18. The molecule has 0 atom stereocenters. The van der Waals surface area contributed by atoms with Crippen LogP contribution >= 0.6 is 0 Å². The maximum absolute atomic E-state index is 2.46. The minimum atomic E-state index is -1.25. The zero-order valence-corrected chi connectivity index (χ0v) is 88.1. The van der Waals surface area contributed by atoms with Crippen molar-refractivity contribution in [3.63, 3.8) is 0 Å². The van der Waals surface area contributed by atoms with Gasteiger partial charge in [-0.15, -0.1) is 0 Å². The molecule has 0 saturated carbocycles. The zero-order valence-electron chi connectivity index (χ0n) is 87.3. The van der Waals surface area contributed by atoms with Crippen molar-refractivity contribution in [2.24, 2.45) is 0 Å². The molecule has 0 aliphatic heterocycles. The van der Waals surface area contributed by atoms with E-state index >= 15 is 0 Å². The molecule has 0 fully saturated rings. The van der Waals surface area contributed by atoms with Crippen molar-refractivity contribution >= 4 is 143 Å². The molecule has 0 heterocycles. The van der Waals surface area contributed by atoms with Crippen LogP contribution in [0.4, 0.5) is 0 Å². The fraction of sp³-hybridized carbons (Fsp3) is 0.238. The van der Waals surface area contributed by atoms with Gasteiger partial charge >= 0.3 is 0 Å². The first-order valence-corrected chi connectivity index (χ1v) is 49.9. The molecule has 4 nitrogen and oxygen atoms in total. The molecule has 0 aromatic heterocycles. The van der Waals surface area contributed by atoms with Gasteiger partial charge in [0.25, 0.3) is 0 Å². The fourth-order valence-corrected chi connectivity index (χ4v) is 19.1. The second-order valence-electron chi connectivity index (χ2n) is 40.0. The number of hydrogen-bond donors (Lipinski definition) is 0. The summed E-state index contributed by atoms with van der Waals surface area (Å²) in [7, 11) is 34.0. The molecule has 0 unspecified atom stereocenters. The van der Waals surface area contributed by atoms with Gasteiger partial charge < -0.3 is 17.9 Å². The molecular formula is C126H159B3N4S+2. The second kappa shape index (κ2) is 52.0. The van der Waals surface area contributed by atoms with Crippen LogP contribution in [0.25, 0.3) is 64.6 Å². The summed E-state index contributed by atoms with van der Waals surface area (Å²) >= 11 is 0. The van der Waals surface area contributed by atoms with Crippen molar-refractivity contribution in [3.8, 4) is 0 Å². The maximum Gasteiger partial charge on any atom is 0.166 e. The molecular weight excluding hydrogens is 1630 g/mol. The fourth-order valence-electron chi connectivity index (χ4n) is 17.0. The standard InChI is InChI=1S/2C31H24B.C22H24B.C18H15S.4C4H12N.4C2H6/c2*1-32(29-20-8-14-23-11-2-5-17-26(23)29,30-21-9-15-24-12-3-6-18-27(24)30)31-22-10-16-25-13-4-7-19-28(25)31;1-17-5-11-20(12-6-17)23(4,21-13-7-18(2)8-14-21)22-15-9-19(3)10-16-22;1-4-10-16(11-5-1)19(17-12-6-2-7-13-17)18-14-8-3-9-15-18;4*1-5(2,3)4;4*1-2/h2*2-22H,1H3;5-16H,1-4H3;1-15H;4*1-4H3;4*1-2H3/q3*-1;5*+1;;;;. The summed E-state index contributed by atoms with van der Waals surface area (Å²) in [5, 5.41) is 15.7. The van der Waals surface area contributed by atoms with Crippen molar-refractivity contribution in [1.82, 2.24) is 0 Å². The smallest absolute Gasteiger partial charge is 0.166 e. The molecule has 0 aliphatic rings. The summed E-state index contributed by atoms with van der Waals surface area (Å²) in [5.41, 5.74) is 16.5. The summed E-state index contributed by atoms with van der Waals surface area (Å²) < 4.78 is 4.00. The quantitative estimate of drug-likeness (QED) is 0.0650. The highest BCUT2D eigenvalue weighted by atomic mass is 32.2.